The Labute approximate surface area is 174 Å². The number of benzene rings is 2. The van der Waals surface area contributed by atoms with Gasteiger partial charge in [0.05, 0.1) is 18.4 Å². The third kappa shape index (κ3) is 4.75. The predicted molar refractivity (Wildman–Crippen MR) is 115 cm³/mol. The molecule has 1 N–H and O–H groups in total. The number of para-hydroxylation sites is 1. The molecule has 30 heavy (non-hydrogen) atoms. The van der Waals surface area contributed by atoms with Crippen LogP contribution in [0, 0.1) is 13.8 Å². The molecule has 0 saturated carbocycles. The average Bonchev–Trinajstić information content (AvgIpc) is 2.99. The number of amides is 1. The minimum Gasteiger partial charge on any atom is -0.496 e. The number of hydrogen-bond donors (Lipinski definition) is 1. The molecule has 1 amide bonds. The van der Waals surface area contributed by atoms with Crippen molar-refractivity contribution in [3.8, 4) is 11.5 Å². The molecule has 0 aliphatic heterocycles. The van der Waals surface area contributed by atoms with Gasteiger partial charge in [-0.3, -0.25) is 9.48 Å². The van der Waals surface area contributed by atoms with Crippen molar-refractivity contribution in [1.82, 2.24) is 9.78 Å². The molecular formula is C23H23N3O4. The van der Waals surface area contributed by atoms with Crippen LogP contribution in [0.15, 0.2) is 54.6 Å². The smallest absolute Gasteiger partial charge is 0.336 e. The summed E-state index contributed by atoms with van der Waals surface area (Å²) in [5, 5.41) is 7.10. The van der Waals surface area contributed by atoms with Crippen molar-refractivity contribution in [3.63, 3.8) is 0 Å². The maximum Gasteiger partial charge on any atom is 0.336 e. The van der Waals surface area contributed by atoms with Crippen LogP contribution in [-0.2, 0) is 11.8 Å². The lowest BCUT2D eigenvalue weighted by Crippen LogP contribution is -2.13. The molecule has 7 heteroatoms. The van der Waals surface area contributed by atoms with Gasteiger partial charge in [0.2, 0.25) is 0 Å². The van der Waals surface area contributed by atoms with E-state index < -0.39 is 5.97 Å². The fraction of sp³-hybridized carbons (Fsp3) is 0.174. The fourth-order valence-corrected chi connectivity index (χ4v) is 2.97. The number of ether oxygens (including phenoxy) is 2. The first-order valence-electron chi connectivity index (χ1n) is 9.33. The number of aromatic nitrogens is 2. The van der Waals surface area contributed by atoms with Crippen molar-refractivity contribution in [2.45, 2.75) is 13.8 Å². The molecule has 0 aliphatic carbocycles. The summed E-state index contributed by atoms with van der Waals surface area (Å²) in [6.45, 7) is 3.82. The van der Waals surface area contributed by atoms with Gasteiger partial charge >= 0.3 is 5.97 Å². The largest absolute Gasteiger partial charge is 0.496 e. The summed E-state index contributed by atoms with van der Waals surface area (Å²) in [6.07, 6.45) is 3.07. The van der Waals surface area contributed by atoms with Crippen LogP contribution in [0.5, 0.6) is 11.5 Å². The molecule has 0 spiro atoms. The van der Waals surface area contributed by atoms with Crippen molar-refractivity contribution < 1.29 is 19.1 Å². The average molecular weight is 405 g/mol. The Kier molecular flexibility index (Phi) is 6.32. The molecule has 3 aromatic rings. The summed E-state index contributed by atoms with van der Waals surface area (Å²) in [5.74, 6) is 0.0804. The molecule has 0 aliphatic rings. The molecule has 7 nitrogen and oxygen atoms in total. The second-order valence-corrected chi connectivity index (χ2v) is 6.64. The van der Waals surface area contributed by atoms with E-state index in [0.717, 1.165) is 17.0 Å². The van der Waals surface area contributed by atoms with Crippen LogP contribution in [-0.4, -0.2) is 28.8 Å². The quantitative estimate of drug-likeness (QED) is 0.382. The van der Waals surface area contributed by atoms with E-state index in [1.54, 1.807) is 59.3 Å². The van der Waals surface area contributed by atoms with E-state index in [1.807, 2.05) is 20.9 Å². The van der Waals surface area contributed by atoms with Gasteiger partial charge in [0.1, 0.15) is 11.5 Å². The molecule has 3 rings (SSSR count). The Bertz CT molecular complexity index is 1100. The SMILES string of the molecule is COc1ccccc1C(=O)Nc1ccc(OC(=O)/C=C/c2c(C)nn(C)c2C)cc1. The van der Waals surface area contributed by atoms with E-state index in [0.29, 0.717) is 22.7 Å². The van der Waals surface area contributed by atoms with Crippen molar-refractivity contribution in [2.75, 3.05) is 12.4 Å². The first-order chi connectivity index (χ1) is 14.4. The maximum atomic E-state index is 12.4. The second-order valence-electron chi connectivity index (χ2n) is 6.64. The molecule has 0 fully saturated rings. The topological polar surface area (TPSA) is 82.4 Å². The van der Waals surface area contributed by atoms with Crippen LogP contribution in [0.1, 0.15) is 27.3 Å². The van der Waals surface area contributed by atoms with Gasteiger partial charge in [-0.2, -0.15) is 5.10 Å². The summed E-state index contributed by atoms with van der Waals surface area (Å²) in [6, 6.07) is 13.5. The van der Waals surface area contributed by atoms with E-state index in [-0.39, 0.29) is 5.91 Å². The van der Waals surface area contributed by atoms with Crippen LogP contribution in [0.4, 0.5) is 5.69 Å². The predicted octanol–water partition coefficient (Wildman–Crippen LogP) is 3.92. The molecule has 0 bridgehead atoms. The molecule has 154 valence electrons. The maximum absolute atomic E-state index is 12.4. The minimum absolute atomic E-state index is 0.290. The number of rotatable bonds is 6. The second kappa shape index (κ2) is 9.09. The number of anilines is 1. The monoisotopic (exact) mass is 405 g/mol. The van der Waals surface area contributed by atoms with Gasteiger partial charge < -0.3 is 14.8 Å². The van der Waals surface area contributed by atoms with Crippen LogP contribution in [0.25, 0.3) is 6.08 Å². The zero-order chi connectivity index (χ0) is 21.7. The molecule has 1 aromatic heterocycles. The summed E-state index contributed by atoms with van der Waals surface area (Å²) in [4.78, 5) is 24.6. The summed E-state index contributed by atoms with van der Waals surface area (Å²) in [7, 11) is 3.37. The Morgan fingerprint density at radius 1 is 1.07 bits per heavy atom. The number of nitrogens with zero attached hydrogens (tertiary/aromatic N) is 2. The van der Waals surface area contributed by atoms with Crippen molar-refractivity contribution >= 4 is 23.6 Å². The Hall–Kier alpha value is -3.87. The van der Waals surface area contributed by atoms with Gasteiger partial charge in [0, 0.05) is 30.1 Å². The lowest BCUT2D eigenvalue weighted by molar-refractivity contribution is -0.128. The molecule has 0 radical (unpaired) electrons. The van der Waals surface area contributed by atoms with Gasteiger partial charge in [-0.05, 0) is 56.3 Å². The zero-order valence-electron chi connectivity index (χ0n) is 17.3. The fourth-order valence-electron chi connectivity index (χ4n) is 2.97. The third-order valence-electron chi connectivity index (χ3n) is 4.63. The number of methoxy groups -OCH3 is 1. The lowest BCUT2D eigenvalue weighted by Gasteiger charge is -2.09. The van der Waals surface area contributed by atoms with Gasteiger partial charge in [-0.25, -0.2) is 4.79 Å². The van der Waals surface area contributed by atoms with Crippen LogP contribution in [0.3, 0.4) is 0 Å². The van der Waals surface area contributed by atoms with Gasteiger partial charge in [0.25, 0.3) is 5.91 Å². The van der Waals surface area contributed by atoms with E-state index in [4.69, 9.17) is 9.47 Å². The molecule has 1 heterocycles. The Balaban J connectivity index is 1.62. The summed E-state index contributed by atoms with van der Waals surface area (Å²) in [5.41, 5.74) is 3.70. The number of hydrogen-bond acceptors (Lipinski definition) is 5. The number of carbonyl (C=O) groups excluding carboxylic acids is 2. The van der Waals surface area contributed by atoms with Crippen LogP contribution < -0.4 is 14.8 Å². The standard InChI is InChI=1S/C23H23N3O4/c1-15-19(16(2)26(3)25-15)13-14-22(27)30-18-11-9-17(10-12-18)24-23(28)20-7-5-6-8-21(20)29-4/h5-14H,1-4H3,(H,24,28)/b14-13+. The van der Waals surface area contributed by atoms with E-state index >= 15 is 0 Å². The summed E-state index contributed by atoms with van der Waals surface area (Å²) < 4.78 is 12.3. The first-order valence-corrected chi connectivity index (χ1v) is 9.33. The number of esters is 1. The highest BCUT2D eigenvalue weighted by molar-refractivity contribution is 6.06. The molecular weight excluding hydrogens is 382 g/mol. The number of nitrogens with one attached hydrogen (secondary N) is 1. The summed E-state index contributed by atoms with van der Waals surface area (Å²) >= 11 is 0. The minimum atomic E-state index is -0.497. The van der Waals surface area contributed by atoms with Gasteiger partial charge in [-0.1, -0.05) is 12.1 Å². The third-order valence-corrected chi connectivity index (χ3v) is 4.63. The highest BCUT2D eigenvalue weighted by Gasteiger charge is 2.12. The van der Waals surface area contributed by atoms with Crippen molar-refractivity contribution in [1.29, 1.82) is 0 Å². The molecule has 2 aromatic carbocycles. The molecule has 0 atom stereocenters. The van der Waals surface area contributed by atoms with E-state index in [1.165, 1.54) is 13.2 Å². The van der Waals surface area contributed by atoms with Crippen molar-refractivity contribution in [2.24, 2.45) is 7.05 Å². The first kappa shape index (κ1) is 20.9. The van der Waals surface area contributed by atoms with E-state index in [9.17, 15) is 9.59 Å². The molecule has 0 saturated heterocycles. The van der Waals surface area contributed by atoms with Crippen LogP contribution >= 0.6 is 0 Å². The van der Waals surface area contributed by atoms with Crippen LogP contribution in [0.2, 0.25) is 0 Å². The number of carbonyl (C=O) groups is 2. The van der Waals surface area contributed by atoms with Gasteiger partial charge in [-0.15, -0.1) is 0 Å². The highest BCUT2D eigenvalue weighted by Crippen LogP contribution is 2.21. The lowest BCUT2D eigenvalue weighted by atomic mass is 10.2. The zero-order valence-corrected chi connectivity index (χ0v) is 17.3. The Morgan fingerprint density at radius 3 is 2.40 bits per heavy atom. The normalized spacial score (nSPS) is 10.8. The Morgan fingerprint density at radius 2 is 1.77 bits per heavy atom. The molecule has 0 unspecified atom stereocenters. The highest BCUT2D eigenvalue weighted by atomic mass is 16.5. The van der Waals surface area contributed by atoms with E-state index in [2.05, 4.69) is 10.4 Å². The van der Waals surface area contributed by atoms with Crippen molar-refractivity contribution in [3.05, 3.63) is 77.1 Å². The number of aryl methyl sites for hydroxylation is 2. The van der Waals surface area contributed by atoms with Gasteiger partial charge in [0.15, 0.2) is 0 Å².